The van der Waals surface area contributed by atoms with Gasteiger partial charge in [-0.05, 0) is 31.1 Å². The highest BCUT2D eigenvalue weighted by molar-refractivity contribution is 7.14. The quantitative estimate of drug-likeness (QED) is 0.530. The van der Waals surface area contributed by atoms with E-state index >= 15 is 0 Å². The van der Waals surface area contributed by atoms with Crippen molar-refractivity contribution in [3.05, 3.63) is 39.6 Å². The van der Waals surface area contributed by atoms with E-state index in [-0.39, 0.29) is 0 Å². The van der Waals surface area contributed by atoms with Crippen molar-refractivity contribution in [2.45, 2.75) is 13.8 Å². The van der Waals surface area contributed by atoms with Crippen molar-refractivity contribution < 1.29 is 4.79 Å². The van der Waals surface area contributed by atoms with Crippen LogP contribution in [0.25, 0.3) is 6.08 Å². The largest absolute Gasteiger partial charge is 0.297 e. The molecule has 1 nitrogen and oxygen atoms in total. The Morgan fingerprint density at radius 1 is 1.23 bits per heavy atom. The van der Waals surface area contributed by atoms with Gasteiger partial charge in [-0.15, -0.1) is 11.3 Å². The summed E-state index contributed by atoms with van der Waals surface area (Å²) in [6.07, 6.45) is 6.51. The lowest BCUT2D eigenvalue weighted by Gasteiger charge is -1.90. The Labute approximate surface area is 82.4 Å². The molecule has 0 spiro atoms. The summed E-state index contributed by atoms with van der Waals surface area (Å²) < 4.78 is 0. The second-order valence-corrected chi connectivity index (χ2v) is 3.88. The smallest absolute Gasteiger partial charge is 0.160 e. The van der Waals surface area contributed by atoms with Crippen molar-refractivity contribution in [3.63, 3.8) is 0 Å². The maximum absolute atomic E-state index is 10.6. The van der Waals surface area contributed by atoms with Gasteiger partial charge in [0.15, 0.2) is 6.29 Å². The highest BCUT2D eigenvalue weighted by atomic mass is 32.1. The molecule has 0 saturated heterocycles. The molecule has 1 aromatic heterocycles. The lowest BCUT2D eigenvalue weighted by molar-refractivity contribution is 0.112. The second-order valence-electron chi connectivity index (χ2n) is 2.79. The molecule has 0 aliphatic heterocycles. The van der Waals surface area contributed by atoms with Gasteiger partial charge in [0.25, 0.3) is 0 Å². The van der Waals surface area contributed by atoms with Crippen molar-refractivity contribution >= 4 is 23.7 Å². The van der Waals surface area contributed by atoms with E-state index in [1.807, 2.05) is 26.0 Å². The van der Waals surface area contributed by atoms with Crippen LogP contribution >= 0.6 is 11.3 Å². The predicted molar refractivity (Wildman–Crippen MR) is 58.4 cm³/mol. The van der Waals surface area contributed by atoms with Crippen LogP contribution in [-0.4, -0.2) is 6.29 Å². The highest BCUT2D eigenvalue weighted by Crippen LogP contribution is 2.27. The molecule has 0 bridgehead atoms. The molecule has 1 aromatic rings. The highest BCUT2D eigenvalue weighted by Gasteiger charge is 2.07. The second kappa shape index (κ2) is 4.19. The molecule has 1 heterocycles. The number of rotatable bonds is 3. The van der Waals surface area contributed by atoms with Crippen molar-refractivity contribution in [1.82, 2.24) is 0 Å². The fraction of sp³-hybridized carbons (Fsp3) is 0.182. The average Bonchev–Trinajstić information content (AvgIpc) is 2.41. The summed E-state index contributed by atoms with van der Waals surface area (Å²) >= 11 is 1.52. The van der Waals surface area contributed by atoms with Gasteiger partial charge in [-0.1, -0.05) is 18.7 Å². The zero-order valence-electron chi connectivity index (χ0n) is 7.83. The first-order valence-electron chi connectivity index (χ1n) is 4.05. The first kappa shape index (κ1) is 9.93. The first-order valence-corrected chi connectivity index (χ1v) is 4.86. The number of thiophene rings is 1. The lowest BCUT2D eigenvalue weighted by Crippen LogP contribution is -1.78. The number of aldehydes is 1. The topological polar surface area (TPSA) is 17.1 Å². The third-order valence-corrected chi connectivity index (χ3v) is 3.30. The number of hydrogen-bond donors (Lipinski definition) is 0. The molecule has 68 valence electrons. The number of hydrogen-bond acceptors (Lipinski definition) is 2. The fourth-order valence-electron chi connectivity index (χ4n) is 1.07. The molecule has 0 atom stereocenters. The van der Waals surface area contributed by atoms with E-state index in [1.54, 1.807) is 6.08 Å². The minimum Gasteiger partial charge on any atom is -0.297 e. The average molecular weight is 192 g/mol. The Hall–Kier alpha value is -1.15. The Balaban J connectivity index is 3.16. The zero-order chi connectivity index (χ0) is 9.84. The van der Waals surface area contributed by atoms with Crippen molar-refractivity contribution in [2.75, 3.05) is 0 Å². The number of carbonyl (C=O) groups is 1. The van der Waals surface area contributed by atoms with Gasteiger partial charge in [0, 0.05) is 4.88 Å². The molecule has 0 N–H and O–H groups in total. The van der Waals surface area contributed by atoms with E-state index in [4.69, 9.17) is 0 Å². The van der Waals surface area contributed by atoms with Gasteiger partial charge in [-0.25, -0.2) is 0 Å². The standard InChI is InChI=1S/C11H12OS/c1-4-5-6-10-8(2)9(3)11(7-12)13-10/h4-7H,1H2,2-3H3/b6-5+. The Kier molecular flexibility index (Phi) is 3.20. The maximum Gasteiger partial charge on any atom is 0.160 e. The first-order chi connectivity index (χ1) is 6.20. The van der Waals surface area contributed by atoms with Gasteiger partial charge < -0.3 is 0 Å². The molecule has 0 aliphatic rings. The molecule has 0 unspecified atom stereocenters. The van der Waals surface area contributed by atoms with Gasteiger partial charge in [-0.3, -0.25) is 4.79 Å². The van der Waals surface area contributed by atoms with Crippen LogP contribution in [0.2, 0.25) is 0 Å². The maximum atomic E-state index is 10.6. The van der Waals surface area contributed by atoms with Crippen molar-refractivity contribution in [3.8, 4) is 0 Å². The Bertz CT molecular complexity index is 358. The predicted octanol–water partition coefficient (Wildman–Crippen LogP) is 3.38. The van der Waals surface area contributed by atoms with E-state index in [9.17, 15) is 4.79 Å². The summed E-state index contributed by atoms with van der Waals surface area (Å²) in [6, 6.07) is 0. The van der Waals surface area contributed by atoms with Crippen molar-refractivity contribution in [2.24, 2.45) is 0 Å². The van der Waals surface area contributed by atoms with Crippen LogP contribution < -0.4 is 0 Å². The van der Waals surface area contributed by atoms with Gasteiger partial charge in [0.1, 0.15) is 0 Å². The van der Waals surface area contributed by atoms with Crippen LogP contribution in [0.15, 0.2) is 18.7 Å². The molecule has 0 aromatic carbocycles. The summed E-state index contributed by atoms with van der Waals surface area (Å²) in [7, 11) is 0. The van der Waals surface area contributed by atoms with E-state index in [1.165, 1.54) is 16.9 Å². The third-order valence-electron chi connectivity index (χ3n) is 2.01. The summed E-state index contributed by atoms with van der Waals surface area (Å²) in [5, 5.41) is 0. The minimum absolute atomic E-state index is 0.821. The van der Waals surface area contributed by atoms with Crippen LogP contribution in [0.4, 0.5) is 0 Å². The van der Waals surface area contributed by atoms with Gasteiger partial charge in [0.2, 0.25) is 0 Å². The zero-order valence-corrected chi connectivity index (χ0v) is 8.65. The van der Waals surface area contributed by atoms with E-state index in [0.717, 1.165) is 21.6 Å². The molecule has 13 heavy (non-hydrogen) atoms. The molecule has 2 heteroatoms. The summed E-state index contributed by atoms with van der Waals surface area (Å²) in [6.45, 7) is 7.61. The van der Waals surface area contributed by atoms with Crippen molar-refractivity contribution in [1.29, 1.82) is 0 Å². The van der Waals surface area contributed by atoms with E-state index in [2.05, 4.69) is 6.58 Å². The van der Waals surface area contributed by atoms with Gasteiger partial charge in [-0.2, -0.15) is 0 Å². The molecule has 0 fully saturated rings. The molecule has 1 rings (SSSR count). The molecular formula is C11H12OS. The Morgan fingerprint density at radius 3 is 2.31 bits per heavy atom. The van der Waals surface area contributed by atoms with Gasteiger partial charge >= 0.3 is 0 Å². The SMILES string of the molecule is C=C/C=C/c1sc(C=O)c(C)c1C. The summed E-state index contributed by atoms with van der Waals surface area (Å²) in [5.74, 6) is 0. The molecule has 0 radical (unpaired) electrons. The van der Waals surface area contributed by atoms with E-state index in [0.29, 0.717) is 0 Å². The number of carbonyl (C=O) groups excluding carboxylic acids is 1. The summed E-state index contributed by atoms with van der Waals surface area (Å²) in [5.41, 5.74) is 2.27. The molecule has 0 saturated carbocycles. The monoisotopic (exact) mass is 192 g/mol. The van der Waals surface area contributed by atoms with Crippen LogP contribution in [-0.2, 0) is 0 Å². The van der Waals surface area contributed by atoms with Crippen LogP contribution in [0.5, 0.6) is 0 Å². The molecule has 0 aliphatic carbocycles. The normalized spacial score (nSPS) is 10.6. The van der Waals surface area contributed by atoms with Crippen LogP contribution in [0.3, 0.4) is 0 Å². The fourth-order valence-corrected chi connectivity index (χ4v) is 2.11. The lowest BCUT2D eigenvalue weighted by atomic mass is 10.1. The molecule has 0 amide bonds. The van der Waals surface area contributed by atoms with E-state index < -0.39 is 0 Å². The third kappa shape index (κ3) is 1.95. The summed E-state index contributed by atoms with van der Waals surface area (Å²) in [4.78, 5) is 12.6. The minimum atomic E-state index is 0.821. The van der Waals surface area contributed by atoms with Crippen LogP contribution in [0, 0.1) is 13.8 Å². The van der Waals surface area contributed by atoms with Crippen LogP contribution in [0.1, 0.15) is 25.7 Å². The number of allylic oxidation sites excluding steroid dienone is 2. The molecular weight excluding hydrogens is 180 g/mol. The van der Waals surface area contributed by atoms with Gasteiger partial charge in [0.05, 0.1) is 4.88 Å². The Morgan fingerprint density at radius 2 is 1.85 bits per heavy atom.